The van der Waals surface area contributed by atoms with E-state index in [4.69, 9.17) is 21.3 Å². The Bertz CT molecular complexity index is 974. The molecule has 0 bridgehead atoms. The van der Waals surface area contributed by atoms with Crippen molar-refractivity contribution in [1.82, 2.24) is 20.3 Å². The Hall–Kier alpha value is -2.37. The number of methoxy groups -OCH3 is 1. The van der Waals surface area contributed by atoms with Crippen LogP contribution in [0.15, 0.2) is 42.7 Å². The smallest absolute Gasteiger partial charge is 0.138 e. The molecule has 0 atom stereocenters. The molecule has 2 aromatic heterocycles. The predicted molar refractivity (Wildman–Crippen MR) is 120 cm³/mol. The quantitative estimate of drug-likeness (QED) is 0.563. The Kier molecular flexibility index (Phi) is 6.01. The van der Waals surface area contributed by atoms with Crippen molar-refractivity contribution in [1.29, 1.82) is 0 Å². The summed E-state index contributed by atoms with van der Waals surface area (Å²) in [5.41, 5.74) is 3.64. The second-order valence-electron chi connectivity index (χ2n) is 8.88. The van der Waals surface area contributed by atoms with Gasteiger partial charge in [0.1, 0.15) is 11.6 Å². The van der Waals surface area contributed by atoms with Crippen LogP contribution >= 0.6 is 11.6 Å². The minimum absolute atomic E-state index is 0.0319. The van der Waals surface area contributed by atoms with E-state index < -0.39 is 0 Å². The molecule has 0 fully saturated rings. The number of aromatic amines is 1. The number of aromatic nitrogens is 3. The Balaban J connectivity index is 2.10. The van der Waals surface area contributed by atoms with E-state index in [9.17, 15) is 0 Å². The molecule has 5 nitrogen and oxygen atoms in total. The first kappa shape index (κ1) is 21.3. The molecule has 6 heteroatoms. The van der Waals surface area contributed by atoms with Crippen LogP contribution in [0.4, 0.5) is 0 Å². The molecule has 2 heterocycles. The topological polar surface area (TPSA) is 62.8 Å². The maximum absolute atomic E-state index is 6.23. The number of imidazole rings is 1. The van der Waals surface area contributed by atoms with Crippen molar-refractivity contribution in [2.75, 3.05) is 13.7 Å². The lowest BCUT2D eigenvalue weighted by atomic mass is 9.91. The van der Waals surface area contributed by atoms with Crippen LogP contribution in [0.1, 0.15) is 40.4 Å². The maximum Gasteiger partial charge on any atom is 0.138 e. The van der Waals surface area contributed by atoms with E-state index in [0.717, 1.165) is 34.9 Å². The molecule has 3 rings (SSSR count). The standard InChI is InChI=1S/C23H29ClN4O/c1-22(2,3)26-14-23(4,5)21-27-19(15-9-11-25-12-10-15)20(28-21)16-7-8-17(24)18(13-16)29-6/h7-13,26H,14H2,1-6H3,(H,27,28). The molecular weight excluding hydrogens is 384 g/mol. The van der Waals surface area contributed by atoms with Crippen molar-refractivity contribution in [3.05, 3.63) is 53.6 Å². The van der Waals surface area contributed by atoms with Gasteiger partial charge in [-0.2, -0.15) is 0 Å². The minimum Gasteiger partial charge on any atom is -0.495 e. The van der Waals surface area contributed by atoms with Gasteiger partial charge in [0.2, 0.25) is 0 Å². The van der Waals surface area contributed by atoms with Gasteiger partial charge in [-0.15, -0.1) is 0 Å². The predicted octanol–water partition coefficient (Wildman–Crippen LogP) is 5.47. The number of ether oxygens (including phenoxy) is 1. The van der Waals surface area contributed by atoms with Crippen LogP contribution in [-0.4, -0.2) is 34.1 Å². The minimum atomic E-state index is -0.191. The fourth-order valence-corrected chi connectivity index (χ4v) is 3.20. The van der Waals surface area contributed by atoms with Gasteiger partial charge in [0, 0.05) is 41.0 Å². The number of rotatable bonds is 6. The molecule has 1 aromatic carbocycles. The maximum atomic E-state index is 6.23. The highest BCUT2D eigenvalue weighted by Gasteiger charge is 2.28. The summed E-state index contributed by atoms with van der Waals surface area (Å²) in [7, 11) is 1.62. The van der Waals surface area contributed by atoms with E-state index in [0.29, 0.717) is 10.8 Å². The van der Waals surface area contributed by atoms with E-state index in [1.165, 1.54) is 0 Å². The van der Waals surface area contributed by atoms with E-state index >= 15 is 0 Å². The third kappa shape index (κ3) is 4.98. The van der Waals surface area contributed by atoms with Gasteiger partial charge in [-0.05, 0) is 45.0 Å². The molecule has 0 radical (unpaired) electrons. The molecule has 0 unspecified atom stereocenters. The van der Waals surface area contributed by atoms with Crippen molar-refractivity contribution in [2.24, 2.45) is 0 Å². The summed E-state index contributed by atoms with van der Waals surface area (Å²) < 4.78 is 5.41. The summed E-state index contributed by atoms with van der Waals surface area (Å²) in [6.07, 6.45) is 3.57. The average molecular weight is 413 g/mol. The number of H-pyrrole nitrogens is 1. The molecular formula is C23H29ClN4O. The van der Waals surface area contributed by atoms with Crippen LogP contribution in [0.5, 0.6) is 5.75 Å². The molecule has 0 spiro atoms. The van der Waals surface area contributed by atoms with Crippen molar-refractivity contribution in [2.45, 2.75) is 45.6 Å². The molecule has 0 aliphatic carbocycles. The van der Waals surface area contributed by atoms with Gasteiger partial charge in [0.15, 0.2) is 0 Å². The molecule has 0 aliphatic rings. The molecule has 2 N–H and O–H groups in total. The zero-order chi connectivity index (χ0) is 21.2. The average Bonchev–Trinajstić information content (AvgIpc) is 3.13. The molecule has 0 saturated carbocycles. The lowest BCUT2D eigenvalue weighted by Gasteiger charge is -2.29. The number of pyridine rings is 1. The molecule has 29 heavy (non-hydrogen) atoms. The Morgan fingerprint density at radius 1 is 1.03 bits per heavy atom. The summed E-state index contributed by atoms with van der Waals surface area (Å²) >= 11 is 6.23. The monoisotopic (exact) mass is 412 g/mol. The summed E-state index contributed by atoms with van der Waals surface area (Å²) in [6.45, 7) is 11.7. The molecule has 154 valence electrons. The van der Waals surface area contributed by atoms with Crippen LogP contribution in [0.2, 0.25) is 5.02 Å². The summed E-state index contributed by atoms with van der Waals surface area (Å²) in [5, 5.41) is 4.16. The van der Waals surface area contributed by atoms with Crippen LogP contribution in [0, 0.1) is 0 Å². The molecule has 0 saturated heterocycles. The summed E-state index contributed by atoms with van der Waals surface area (Å²) in [6, 6.07) is 9.69. The number of nitrogens with zero attached hydrogens (tertiary/aromatic N) is 2. The van der Waals surface area contributed by atoms with Gasteiger partial charge in [-0.3, -0.25) is 4.98 Å². The van der Waals surface area contributed by atoms with E-state index in [2.05, 4.69) is 49.9 Å². The van der Waals surface area contributed by atoms with E-state index in [1.54, 1.807) is 19.5 Å². The number of benzene rings is 1. The fraction of sp³-hybridized carbons (Fsp3) is 0.391. The number of halogens is 1. The number of hydrogen-bond acceptors (Lipinski definition) is 4. The second-order valence-corrected chi connectivity index (χ2v) is 9.29. The SMILES string of the molecule is COc1cc(-c2nc(C(C)(C)CNC(C)(C)C)[nH]c2-c2ccncc2)ccc1Cl. The molecule has 0 aliphatic heterocycles. The van der Waals surface area contributed by atoms with Gasteiger partial charge >= 0.3 is 0 Å². The van der Waals surface area contributed by atoms with Gasteiger partial charge in [-0.1, -0.05) is 31.5 Å². The van der Waals surface area contributed by atoms with Crippen LogP contribution < -0.4 is 10.1 Å². The zero-order valence-electron chi connectivity index (χ0n) is 17.9. The summed E-state index contributed by atoms with van der Waals surface area (Å²) in [5.74, 6) is 1.55. The first-order valence-corrected chi connectivity index (χ1v) is 10.1. The molecule has 3 aromatic rings. The highest BCUT2D eigenvalue weighted by molar-refractivity contribution is 6.32. The first-order valence-electron chi connectivity index (χ1n) is 9.70. The van der Waals surface area contributed by atoms with Crippen molar-refractivity contribution >= 4 is 11.6 Å². The number of nitrogens with one attached hydrogen (secondary N) is 2. The van der Waals surface area contributed by atoms with Crippen molar-refractivity contribution < 1.29 is 4.74 Å². The van der Waals surface area contributed by atoms with Gasteiger partial charge < -0.3 is 15.0 Å². The third-order valence-electron chi connectivity index (χ3n) is 4.80. The Labute approximate surface area is 177 Å². The second kappa shape index (κ2) is 8.17. The highest BCUT2D eigenvalue weighted by Crippen LogP contribution is 2.36. The van der Waals surface area contributed by atoms with Crippen molar-refractivity contribution in [3.63, 3.8) is 0 Å². The third-order valence-corrected chi connectivity index (χ3v) is 5.11. The molecule has 0 amide bonds. The van der Waals surface area contributed by atoms with Gasteiger partial charge in [0.25, 0.3) is 0 Å². The zero-order valence-corrected chi connectivity index (χ0v) is 18.7. The van der Waals surface area contributed by atoms with Crippen LogP contribution in [0.3, 0.4) is 0 Å². The van der Waals surface area contributed by atoms with Crippen LogP contribution in [0.25, 0.3) is 22.5 Å². The Morgan fingerprint density at radius 3 is 2.34 bits per heavy atom. The summed E-state index contributed by atoms with van der Waals surface area (Å²) in [4.78, 5) is 12.7. The fourth-order valence-electron chi connectivity index (χ4n) is 3.01. The Morgan fingerprint density at radius 2 is 1.72 bits per heavy atom. The number of hydrogen-bond donors (Lipinski definition) is 2. The van der Waals surface area contributed by atoms with E-state index in [-0.39, 0.29) is 11.0 Å². The van der Waals surface area contributed by atoms with Crippen LogP contribution in [-0.2, 0) is 5.41 Å². The van der Waals surface area contributed by atoms with Crippen molar-refractivity contribution in [3.8, 4) is 28.3 Å². The highest BCUT2D eigenvalue weighted by atomic mass is 35.5. The lowest BCUT2D eigenvalue weighted by Crippen LogP contribution is -2.44. The first-order chi connectivity index (χ1) is 13.6. The van der Waals surface area contributed by atoms with E-state index in [1.807, 2.05) is 30.3 Å². The lowest BCUT2D eigenvalue weighted by molar-refractivity contribution is 0.355. The van der Waals surface area contributed by atoms with Gasteiger partial charge in [-0.25, -0.2) is 4.98 Å². The van der Waals surface area contributed by atoms with Gasteiger partial charge in [0.05, 0.1) is 23.5 Å². The normalized spacial score (nSPS) is 12.2. The largest absolute Gasteiger partial charge is 0.495 e.